The minimum Gasteiger partial charge on any atom is -0.310 e. The highest BCUT2D eigenvalue weighted by Gasteiger charge is 2.49. The molecule has 0 aliphatic heterocycles. The molecule has 0 fully saturated rings. The van der Waals surface area contributed by atoms with Crippen LogP contribution in [0, 0.1) is 24.2 Å². The molecule has 2 aliphatic rings. The number of benzene rings is 8. The van der Waals surface area contributed by atoms with Crippen molar-refractivity contribution in [2.45, 2.75) is 25.2 Å². The van der Waals surface area contributed by atoms with Crippen LogP contribution in [0.2, 0.25) is 0 Å². The normalized spacial score (nSPS) is 15.1. The Kier molecular flexibility index (Phi) is 10.2. The SMILES string of the molecule is C#C/C=C(\C=C/C)C1(c2ccccc2)c2cc(N(c3ccccc3)c3ccccc3)ccc2-c2c3c(c4cc(N(c5ccccc5)c5ccccc5)ccc4c21)CC#CCC=C3. The molecule has 8 aromatic carbocycles. The summed E-state index contributed by atoms with van der Waals surface area (Å²) in [5.74, 6) is 9.99. The van der Waals surface area contributed by atoms with Gasteiger partial charge in [0.2, 0.25) is 0 Å². The lowest BCUT2D eigenvalue weighted by atomic mass is 9.65. The molecule has 0 aromatic heterocycles. The van der Waals surface area contributed by atoms with Crippen molar-refractivity contribution in [2.75, 3.05) is 9.80 Å². The van der Waals surface area contributed by atoms with Crippen molar-refractivity contribution in [1.82, 2.24) is 0 Å². The van der Waals surface area contributed by atoms with E-state index < -0.39 is 5.41 Å². The van der Waals surface area contributed by atoms with Crippen LogP contribution in [0.25, 0.3) is 28.0 Å². The van der Waals surface area contributed by atoms with Crippen LogP contribution in [0.15, 0.2) is 218 Å². The lowest BCUT2D eigenvalue weighted by molar-refractivity contribution is 0.774. The van der Waals surface area contributed by atoms with E-state index in [-0.39, 0.29) is 0 Å². The van der Waals surface area contributed by atoms with Crippen LogP contribution in [-0.4, -0.2) is 0 Å². The van der Waals surface area contributed by atoms with Crippen LogP contribution in [0.4, 0.5) is 34.1 Å². The molecule has 0 N–H and O–H groups in total. The minimum atomic E-state index is -0.797. The highest BCUT2D eigenvalue weighted by Crippen LogP contribution is 2.61. The lowest BCUT2D eigenvalue weighted by Gasteiger charge is -2.36. The van der Waals surface area contributed by atoms with Crippen LogP contribution in [-0.2, 0) is 11.8 Å². The molecule has 8 aromatic rings. The van der Waals surface area contributed by atoms with E-state index in [1.165, 1.54) is 44.2 Å². The summed E-state index contributed by atoms with van der Waals surface area (Å²) < 4.78 is 0. The first-order chi connectivity index (χ1) is 30.7. The molecule has 0 saturated heterocycles. The summed E-state index contributed by atoms with van der Waals surface area (Å²) in [6.07, 6.45) is 18.6. The lowest BCUT2D eigenvalue weighted by Crippen LogP contribution is -2.30. The standard InChI is InChI=1S/C60H44N2/c1-3-24-44(25-4-2)60(45-26-12-7-13-27-45)57-43-51(62(48-32-18-10-19-33-48)49-34-20-11-21-35-49)39-41-55(57)58-53-37-23-6-5-22-36-52(53)56-42-50(38-40-54(56)59(58)60)61(46-28-14-8-15-29-46)47-30-16-9-17-31-47/h1,4,7-21,23-35,37-43H,6,36H2,2H3/b25-4-,37-23?,44-24+. The number of para-hydroxylation sites is 4. The number of fused-ring (bicyclic) bond motifs is 8. The van der Waals surface area contributed by atoms with Crippen molar-refractivity contribution >= 4 is 51.0 Å². The maximum atomic E-state index is 6.36. The average Bonchev–Trinajstić information content (AvgIpc) is 3.62. The largest absolute Gasteiger partial charge is 0.310 e. The number of hydrogen-bond donors (Lipinski definition) is 0. The van der Waals surface area contributed by atoms with Crippen LogP contribution < -0.4 is 9.80 Å². The van der Waals surface area contributed by atoms with Gasteiger partial charge in [0.05, 0.1) is 5.41 Å². The summed E-state index contributed by atoms with van der Waals surface area (Å²) in [6, 6.07) is 67.6. The van der Waals surface area contributed by atoms with E-state index in [2.05, 4.69) is 247 Å². The molecule has 294 valence electrons. The number of nitrogens with zero attached hydrogens (tertiary/aromatic N) is 2. The number of terminal acetylenes is 1. The molecule has 10 rings (SSSR count). The molecule has 2 heteroatoms. The first kappa shape index (κ1) is 38.2. The molecule has 0 radical (unpaired) electrons. The summed E-state index contributed by atoms with van der Waals surface area (Å²) in [5, 5.41) is 2.36. The average molecular weight is 793 g/mol. The third kappa shape index (κ3) is 6.42. The van der Waals surface area contributed by atoms with Gasteiger partial charge in [0, 0.05) is 47.0 Å². The minimum absolute atomic E-state index is 0.632. The summed E-state index contributed by atoms with van der Waals surface area (Å²) in [6.45, 7) is 2.08. The van der Waals surface area contributed by atoms with Crippen molar-refractivity contribution in [3.63, 3.8) is 0 Å². The topological polar surface area (TPSA) is 6.48 Å². The second kappa shape index (κ2) is 16.5. The van der Waals surface area contributed by atoms with Gasteiger partial charge in [-0.05, 0) is 141 Å². The van der Waals surface area contributed by atoms with Crippen LogP contribution in [0.5, 0.6) is 0 Å². The van der Waals surface area contributed by atoms with E-state index in [0.717, 1.165) is 45.3 Å². The summed E-state index contributed by atoms with van der Waals surface area (Å²) in [5.41, 5.74) is 15.1. The third-order valence-electron chi connectivity index (χ3n) is 12.2. The fourth-order valence-electron chi connectivity index (χ4n) is 9.75. The molecule has 0 heterocycles. The van der Waals surface area contributed by atoms with Gasteiger partial charge in [0.1, 0.15) is 0 Å². The van der Waals surface area contributed by atoms with Crippen molar-refractivity contribution in [1.29, 1.82) is 0 Å². The predicted molar refractivity (Wildman–Crippen MR) is 262 cm³/mol. The van der Waals surface area contributed by atoms with Crippen molar-refractivity contribution < 1.29 is 0 Å². The fraction of sp³-hybridized carbons (Fsp3) is 0.0667. The quantitative estimate of drug-likeness (QED) is 0.106. The molecule has 0 saturated carbocycles. The van der Waals surface area contributed by atoms with E-state index in [1.807, 2.05) is 6.08 Å². The van der Waals surface area contributed by atoms with Crippen LogP contribution in [0.3, 0.4) is 0 Å². The Balaban J connectivity index is 1.35. The second-order valence-electron chi connectivity index (χ2n) is 15.6. The summed E-state index contributed by atoms with van der Waals surface area (Å²) >= 11 is 0. The Morgan fingerprint density at radius 1 is 0.597 bits per heavy atom. The Morgan fingerprint density at radius 2 is 1.13 bits per heavy atom. The van der Waals surface area contributed by atoms with Gasteiger partial charge in [0.25, 0.3) is 0 Å². The summed E-state index contributed by atoms with van der Waals surface area (Å²) in [4.78, 5) is 4.70. The molecule has 2 aliphatic carbocycles. The first-order valence-corrected chi connectivity index (χ1v) is 21.3. The van der Waals surface area contributed by atoms with Crippen molar-refractivity contribution in [2.24, 2.45) is 0 Å². The zero-order valence-corrected chi connectivity index (χ0v) is 34.7. The molecule has 0 bridgehead atoms. The van der Waals surface area contributed by atoms with Gasteiger partial charge >= 0.3 is 0 Å². The van der Waals surface area contributed by atoms with Gasteiger partial charge in [-0.3, -0.25) is 0 Å². The van der Waals surface area contributed by atoms with Gasteiger partial charge in [-0.2, -0.15) is 0 Å². The van der Waals surface area contributed by atoms with E-state index in [4.69, 9.17) is 6.42 Å². The predicted octanol–water partition coefficient (Wildman–Crippen LogP) is 15.2. The smallest absolute Gasteiger partial charge is 0.0726 e. The van der Waals surface area contributed by atoms with E-state index >= 15 is 0 Å². The van der Waals surface area contributed by atoms with Gasteiger partial charge in [-0.1, -0.05) is 157 Å². The van der Waals surface area contributed by atoms with Gasteiger partial charge in [-0.15, -0.1) is 6.42 Å². The highest BCUT2D eigenvalue weighted by molar-refractivity contribution is 6.08. The van der Waals surface area contributed by atoms with Gasteiger partial charge < -0.3 is 9.80 Å². The van der Waals surface area contributed by atoms with Gasteiger partial charge in [-0.25, -0.2) is 0 Å². The van der Waals surface area contributed by atoms with Crippen molar-refractivity contribution in [3.8, 4) is 35.3 Å². The van der Waals surface area contributed by atoms with Crippen LogP contribution >= 0.6 is 0 Å². The summed E-state index contributed by atoms with van der Waals surface area (Å²) in [7, 11) is 0. The Morgan fingerprint density at radius 3 is 1.68 bits per heavy atom. The monoisotopic (exact) mass is 792 g/mol. The zero-order valence-electron chi connectivity index (χ0n) is 34.7. The number of hydrogen-bond acceptors (Lipinski definition) is 2. The van der Waals surface area contributed by atoms with Gasteiger partial charge in [0.15, 0.2) is 0 Å². The number of rotatable bonds is 9. The highest BCUT2D eigenvalue weighted by atomic mass is 15.1. The zero-order chi connectivity index (χ0) is 41.9. The maximum absolute atomic E-state index is 6.36. The molecule has 62 heavy (non-hydrogen) atoms. The molecular formula is C60H44N2. The van der Waals surface area contributed by atoms with Crippen molar-refractivity contribution in [3.05, 3.63) is 246 Å². The molecular weight excluding hydrogens is 749 g/mol. The molecule has 2 nitrogen and oxygen atoms in total. The second-order valence-corrected chi connectivity index (χ2v) is 15.6. The van der Waals surface area contributed by atoms with E-state index in [1.54, 1.807) is 0 Å². The van der Waals surface area contributed by atoms with E-state index in [9.17, 15) is 0 Å². The Hall–Kier alpha value is -8.04. The Labute approximate surface area is 365 Å². The molecule has 0 amide bonds. The Bertz CT molecular complexity index is 3050. The third-order valence-corrected chi connectivity index (χ3v) is 12.2. The fourth-order valence-corrected chi connectivity index (χ4v) is 9.75. The maximum Gasteiger partial charge on any atom is 0.0726 e. The molecule has 0 spiro atoms. The molecule has 1 unspecified atom stereocenters. The van der Waals surface area contributed by atoms with Crippen LogP contribution in [0.1, 0.15) is 41.2 Å². The van der Waals surface area contributed by atoms with E-state index in [0.29, 0.717) is 12.8 Å². The number of anilines is 6. The first-order valence-electron chi connectivity index (χ1n) is 21.3. The molecule has 1 atom stereocenters. The number of allylic oxidation sites excluding steroid dienone is 5.